The lowest BCUT2D eigenvalue weighted by Crippen LogP contribution is -2.37. The second-order valence-electron chi connectivity index (χ2n) is 6.00. The fraction of sp³-hybridized carbons (Fsp3) is 0.733. The quantitative estimate of drug-likeness (QED) is 0.620. The number of aryl methyl sites for hydroxylation is 1. The van der Waals surface area contributed by atoms with E-state index in [0.29, 0.717) is 37.9 Å². The molecule has 0 atom stereocenters. The molecule has 1 saturated heterocycles. The summed E-state index contributed by atoms with van der Waals surface area (Å²) in [4.78, 5) is 21.6. The summed E-state index contributed by atoms with van der Waals surface area (Å²) in [5.41, 5.74) is 0.227. The molecule has 0 amide bonds. The summed E-state index contributed by atoms with van der Waals surface area (Å²) in [6.45, 7) is 4.22. The summed E-state index contributed by atoms with van der Waals surface area (Å²) in [6, 6.07) is 0. The van der Waals surface area contributed by atoms with Crippen molar-refractivity contribution in [2.75, 3.05) is 31.2 Å². The van der Waals surface area contributed by atoms with E-state index in [1.807, 2.05) is 4.90 Å². The zero-order chi connectivity index (χ0) is 16.2. The van der Waals surface area contributed by atoms with Crippen LogP contribution in [0.5, 0.6) is 5.88 Å². The van der Waals surface area contributed by atoms with Crippen LogP contribution in [-0.2, 0) is 4.74 Å². The van der Waals surface area contributed by atoms with Gasteiger partial charge in [-0.3, -0.25) is 10.1 Å². The van der Waals surface area contributed by atoms with E-state index in [0.717, 1.165) is 25.7 Å². The van der Waals surface area contributed by atoms with Crippen LogP contribution in [0.3, 0.4) is 0 Å². The van der Waals surface area contributed by atoms with Gasteiger partial charge in [0.05, 0.1) is 18.1 Å². The number of rotatable bonds is 4. The third-order valence-electron chi connectivity index (χ3n) is 4.32. The summed E-state index contributed by atoms with van der Waals surface area (Å²) in [6.07, 6.45) is 5.25. The van der Waals surface area contributed by atoms with Crippen LogP contribution < -0.4 is 9.64 Å². The first-order chi connectivity index (χ1) is 11.1. The molecular formula is C15H22N4O4. The minimum atomic E-state index is -0.448. The van der Waals surface area contributed by atoms with Gasteiger partial charge in [-0.1, -0.05) is 6.42 Å². The fourth-order valence-electron chi connectivity index (χ4n) is 3.06. The Morgan fingerprint density at radius 1 is 1.22 bits per heavy atom. The zero-order valence-electron chi connectivity index (χ0n) is 13.4. The summed E-state index contributed by atoms with van der Waals surface area (Å²) >= 11 is 0. The van der Waals surface area contributed by atoms with Crippen LogP contribution >= 0.6 is 0 Å². The molecule has 0 bridgehead atoms. The van der Waals surface area contributed by atoms with Crippen LogP contribution in [0.1, 0.15) is 37.8 Å². The average molecular weight is 322 g/mol. The molecule has 2 fully saturated rings. The Balaban J connectivity index is 1.89. The molecule has 0 spiro atoms. The molecule has 1 aromatic rings. The van der Waals surface area contributed by atoms with Gasteiger partial charge in [-0.2, -0.15) is 4.98 Å². The molecule has 1 aliphatic carbocycles. The van der Waals surface area contributed by atoms with Gasteiger partial charge in [0, 0.05) is 13.1 Å². The van der Waals surface area contributed by atoms with Crippen LogP contribution in [0.25, 0.3) is 0 Å². The van der Waals surface area contributed by atoms with Crippen molar-refractivity contribution in [3.05, 3.63) is 15.8 Å². The summed E-state index contributed by atoms with van der Waals surface area (Å²) in [5, 5.41) is 11.4. The maximum Gasteiger partial charge on any atom is 0.352 e. The van der Waals surface area contributed by atoms with Crippen LogP contribution in [0.4, 0.5) is 11.6 Å². The molecule has 3 rings (SSSR count). The highest BCUT2D eigenvalue weighted by molar-refractivity contribution is 5.49. The SMILES string of the molecule is Cc1nc(N2CCOCC2)nc(OC2CCCCC2)c1[N+](=O)[O-]. The normalized spacial score (nSPS) is 19.6. The number of aromatic nitrogens is 2. The second-order valence-corrected chi connectivity index (χ2v) is 6.00. The highest BCUT2D eigenvalue weighted by Gasteiger charge is 2.28. The van der Waals surface area contributed by atoms with Gasteiger partial charge < -0.3 is 14.4 Å². The number of nitro groups is 1. The number of morpholine rings is 1. The Kier molecular flexibility index (Phi) is 4.90. The molecule has 23 heavy (non-hydrogen) atoms. The zero-order valence-corrected chi connectivity index (χ0v) is 13.4. The van der Waals surface area contributed by atoms with Gasteiger partial charge >= 0.3 is 5.69 Å². The second kappa shape index (κ2) is 7.08. The molecule has 0 radical (unpaired) electrons. The van der Waals surface area contributed by atoms with Gasteiger partial charge in [0.1, 0.15) is 11.8 Å². The van der Waals surface area contributed by atoms with Crippen molar-refractivity contribution in [3.63, 3.8) is 0 Å². The maximum absolute atomic E-state index is 11.4. The third kappa shape index (κ3) is 3.69. The Hall–Kier alpha value is -1.96. The Bertz CT molecular complexity index is 569. The number of ether oxygens (including phenoxy) is 2. The number of nitrogens with zero attached hydrogens (tertiary/aromatic N) is 4. The van der Waals surface area contributed by atoms with Crippen molar-refractivity contribution in [3.8, 4) is 5.88 Å². The summed E-state index contributed by atoms with van der Waals surface area (Å²) in [5.74, 6) is 0.595. The molecule has 0 N–H and O–H groups in total. The van der Waals surface area contributed by atoms with Crippen molar-refractivity contribution in [2.24, 2.45) is 0 Å². The van der Waals surface area contributed by atoms with Crippen molar-refractivity contribution >= 4 is 11.6 Å². The van der Waals surface area contributed by atoms with E-state index in [4.69, 9.17) is 9.47 Å². The summed E-state index contributed by atoms with van der Waals surface area (Å²) in [7, 11) is 0. The molecule has 1 saturated carbocycles. The molecule has 0 unspecified atom stereocenters. The molecule has 1 aromatic heterocycles. The Morgan fingerprint density at radius 2 is 1.91 bits per heavy atom. The standard InChI is InChI=1S/C15H22N4O4/c1-11-13(19(20)21)14(23-12-5-3-2-4-6-12)17-15(16-11)18-7-9-22-10-8-18/h12H,2-10H2,1H3. The van der Waals surface area contributed by atoms with E-state index in [1.54, 1.807) is 6.92 Å². The fourth-order valence-corrected chi connectivity index (χ4v) is 3.06. The molecule has 126 valence electrons. The largest absolute Gasteiger partial charge is 0.469 e. The maximum atomic E-state index is 11.4. The minimum Gasteiger partial charge on any atom is -0.469 e. The Morgan fingerprint density at radius 3 is 2.57 bits per heavy atom. The van der Waals surface area contributed by atoms with Gasteiger partial charge in [0.2, 0.25) is 5.95 Å². The average Bonchev–Trinajstić information content (AvgIpc) is 2.56. The van der Waals surface area contributed by atoms with Crippen LogP contribution in [0.2, 0.25) is 0 Å². The number of hydrogen-bond acceptors (Lipinski definition) is 7. The smallest absolute Gasteiger partial charge is 0.352 e. The first-order valence-electron chi connectivity index (χ1n) is 8.17. The van der Waals surface area contributed by atoms with Crippen molar-refractivity contribution < 1.29 is 14.4 Å². The van der Waals surface area contributed by atoms with Gasteiger partial charge in [0.25, 0.3) is 5.88 Å². The molecule has 1 aliphatic heterocycles. The predicted octanol–water partition coefficient (Wildman–Crippen LogP) is 2.24. The molecular weight excluding hydrogens is 300 g/mol. The summed E-state index contributed by atoms with van der Waals surface area (Å²) < 4.78 is 11.2. The predicted molar refractivity (Wildman–Crippen MR) is 84.0 cm³/mol. The van der Waals surface area contributed by atoms with Gasteiger partial charge in [-0.15, -0.1) is 0 Å². The van der Waals surface area contributed by atoms with Crippen LogP contribution in [0.15, 0.2) is 0 Å². The first kappa shape index (κ1) is 15.9. The van der Waals surface area contributed by atoms with E-state index in [9.17, 15) is 10.1 Å². The van der Waals surface area contributed by atoms with E-state index in [-0.39, 0.29) is 17.7 Å². The van der Waals surface area contributed by atoms with Crippen LogP contribution in [-0.4, -0.2) is 47.3 Å². The van der Waals surface area contributed by atoms with Gasteiger partial charge in [-0.25, -0.2) is 4.98 Å². The topological polar surface area (TPSA) is 90.6 Å². The van der Waals surface area contributed by atoms with Crippen molar-refractivity contribution in [1.82, 2.24) is 9.97 Å². The molecule has 2 heterocycles. The van der Waals surface area contributed by atoms with E-state index < -0.39 is 4.92 Å². The van der Waals surface area contributed by atoms with E-state index in [1.165, 1.54) is 6.42 Å². The highest BCUT2D eigenvalue weighted by Crippen LogP contribution is 2.32. The lowest BCUT2D eigenvalue weighted by Gasteiger charge is -2.28. The van der Waals surface area contributed by atoms with Crippen molar-refractivity contribution in [1.29, 1.82) is 0 Å². The molecule has 0 aromatic carbocycles. The monoisotopic (exact) mass is 322 g/mol. The third-order valence-corrected chi connectivity index (χ3v) is 4.32. The van der Waals surface area contributed by atoms with E-state index in [2.05, 4.69) is 9.97 Å². The molecule has 2 aliphatic rings. The van der Waals surface area contributed by atoms with Gasteiger partial charge in [0.15, 0.2) is 0 Å². The number of anilines is 1. The van der Waals surface area contributed by atoms with Gasteiger partial charge in [-0.05, 0) is 32.6 Å². The Labute approximate surface area is 135 Å². The number of hydrogen-bond donors (Lipinski definition) is 0. The van der Waals surface area contributed by atoms with E-state index >= 15 is 0 Å². The lowest BCUT2D eigenvalue weighted by molar-refractivity contribution is -0.387. The van der Waals surface area contributed by atoms with Crippen LogP contribution in [0, 0.1) is 17.0 Å². The molecule has 8 nitrogen and oxygen atoms in total. The highest BCUT2D eigenvalue weighted by atomic mass is 16.6. The minimum absolute atomic E-state index is 0.00860. The molecule has 8 heteroatoms. The lowest BCUT2D eigenvalue weighted by atomic mass is 9.98. The first-order valence-corrected chi connectivity index (χ1v) is 8.17. The van der Waals surface area contributed by atoms with Crippen molar-refractivity contribution in [2.45, 2.75) is 45.1 Å².